The minimum absolute atomic E-state index is 0.139. The van der Waals surface area contributed by atoms with Crippen LogP contribution in [-0.2, 0) is 13.1 Å². The van der Waals surface area contributed by atoms with Crippen LogP contribution in [0.3, 0.4) is 0 Å². The lowest BCUT2D eigenvalue weighted by Crippen LogP contribution is -2.24. The van der Waals surface area contributed by atoms with Crippen LogP contribution in [0.1, 0.15) is 16.7 Å². The molecule has 0 unspecified atom stereocenters. The van der Waals surface area contributed by atoms with Gasteiger partial charge in [-0.05, 0) is 30.2 Å². The standard InChI is InChI=1S/C19H18ClN3O/c1-14-2-4-15(5-3-14)12-22-18-19(24)23(11-10-21-18)13-16-6-8-17(20)9-7-16/h2-11H,12-13H2,1H3,(H,21,22). The van der Waals surface area contributed by atoms with E-state index < -0.39 is 0 Å². The first-order valence-corrected chi connectivity index (χ1v) is 8.09. The van der Waals surface area contributed by atoms with Crippen molar-refractivity contribution in [3.8, 4) is 0 Å². The summed E-state index contributed by atoms with van der Waals surface area (Å²) in [6.07, 6.45) is 3.32. The van der Waals surface area contributed by atoms with E-state index in [2.05, 4.69) is 10.3 Å². The first kappa shape index (κ1) is 16.3. The highest BCUT2D eigenvalue weighted by atomic mass is 35.5. The molecule has 122 valence electrons. The Bertz CT molecular complexity index is 870. The molecule has 3 aromatic rings. The summed E-state index contributed by atoms with van der Waals surface area (Å²) in [7, 11) is 0. The molecule has 5 heteroatoms. The number of nitrogens with one attached hydrogen (secondary N) is 1. The summed E-state index contributed by atoms with van der Waals surface area (Å²) in [5.74, 6) is 0.354. The fourth-order valence-electron chi connectivity index (χ4n) is 2.37. The summed E-state index contributed by atoms with van der Waals surface area (Å²) < 4.78 is 1.63. The van der Waals surface area contributed by atoms with Gasteiger partial charge in [0.25, 0.3) is 5.56 Å². The van der Waals surface area contributed by atoms with Crippen LogP contribution in [0, 0.1) is 6.92 Å². The molecule has 2 aromatic carbocycles. The van der Waals surface area contributed by atoms with Gasteiger partial charge in [-0.15, -0.1) is 0 Å². The normalized spacial score (nSPS) is 10.6. The summed E-state index contributed by atoms with van der Waals surface area (Å²) in [5, 5.41) is 3.80. The molecule has 3 rings (SSSR count). The fraction of sp³-hybridized carbons (Fsp3) is 0.158. The van der Waals surface area contributed by atoms with Gasteiger partial charge in [0.2, 0.25) is 0 Å². The zero-order chi connectivity index (χ0) is 16.9. The molecule has 4 nitrogen and oxygen atoms in total. The molecule has 0 spiro atoms. The molecule has 0 aliphatic heterocycles. The van der Waals surface area contributed by atoms with Gasteiger partial charge in [0, 0.05) is 24.0 Å². The molecule has 0 radical (unpaired) electrons. The topological polar surface area (TPSA) is 46.9 Å². The smallest absolute Gasteiger partial charge is 0.293 e. The van der Waals surface area contributed by atoms with Gasteiger partial charge in [0.1, 0.15) is 0 Å². The molecule has 1 aromatic heterocycles. The third-order valence-corrected chi connectivity index (χ3v) is 4.01. The molecule has 0 fully saturated rings. The lowest BCUT2D eigenvalue weighted by atomic mass is 10.1. The summed E-state index contributed by atoms with van der Waals surface area (Å²) in [4.78, 5) is 16.7. The minimum Gasteiger partial charge on any atom is -0.361 e. The summed E-state index contributed by atoms with van der Waals surface area (Å²) in [6.45, 7) is 3.09. The Balaban J connectivity index is 1.74. The summed E-state index contributed by atoms with van der Waals surface area (Å²) >= 11 is 5.89. The van der Waals surface area contributed by atoms with E-state index in [1.165, 1.54) is 5.56 Å². The molecule has 0 saturated heterocycles. The summed E-state index contributed by atoms with van der Waals surface area (Å²) in [5.41, 5.74) is 3.19. The number of aryl methyl sites for hydroxylation is 1. The van der Waals surface area contributed by atoms with Gasteiger partial charge < -0.3 is 9.88 Å². The molecule has 24 heavy (non-hydrogen) atoms. The van der Waals surface area contributed by atoms with Gasteiger partial charge in [0.15, 0.2) is 5.82 Å². The number of hydrogen-bond acceptors (Lipinski definition) is 3. The van der Waals surface area contributed by atoms with Crippen LogP contribution in [-0.4, -0.2) is 9.55 Å². The third-order valence-electron chi connectivity index (χ3n) is 3.76. The van der Waals surface area contributed by atoms with Crippen LogP contribution >= 0.6 is 11.6 Å². The first-order chi connectivity index (χ1) is 11.6. The van der Waals surface area contributed by atoms with E-state index in [1.807, 2.05) is 55.5 Å². The summed E-state index contributed by atoms with van der Waals surface area (Å²) in [6, 6.07) is 15.6. The Morgan fingerprint density at radius 1 is 1.04 bits per heavy atom. The molecule has 1 N–H and O–H groups in total. The Morgan fingerprint density at radius 3 is 2.42 bits per heavy atom. The first-order valence-electron chi connectivity index (χ1n) is 7.71. The Hall–Kier alpha value is -2.59. The van der Waals surface area contributed by atoms with E-state index in [4.69, 9.17) is 11.6 Å². The van der Waals surface area contributed by atoms with E-state index >= 15 is 0 Å². The van der Waals surface area contributed by atoms with Crippen LogP contribution in [0.2, 0.25) is 5.02 Å². The van der Waals surface area contributed by atoms with Gasteiger partial charge in [-0.25, -0.2) is 4.98 Å². The maximum absolute atomic E-state index is 12.5. The Morgan fingerprint density at radius 2 is 1.71 bits per heavy atom. The van der Waals surface area contributed by atoms with Crippen molar-refractivity contribution < 1.29 is 0 Å². The predicted octanol–water partition coefficient (Wildman–Crippen LogP) is 3.87. The van der Waals surface area contributed by atoms with Crippen LogP contribution in [0.5, 0.6) is 0 Å². The molecule has 0 saturated carbocycles. The van der Waals surface area contributed by atoms with Crippen molar-refractivity contribution in [2.75, 3.05) is 5.32 Å². The second-order valence-corrected chi connectivity index (χ2v) is 6.11. The largest absolute Gasteiger partial charge is 0.361 e. The maximum Gasteiger partial charge on any atom is 0.293 e. The zero-order valence-corrected chi connectivity index (χ0v) is 14.1. The molecule has 1 heterocycles. The number of benzene rings is 2. The van der Waals surface area contributed by atoms with E-state index in [0.29, 0.717) is 23.9 Å². The van der Waals surface area contributed by atoms with Crippen molar-refractivity contribution in [3.63, 3.8) is 0 Å². The second kappa shape index (κ2) is 7.32. The molecule has 0 aliphatic rings. The highest BCUT2D eigenvalue weighted by Crippen LogP contribution is 2.10. The average Bonchev–Trinajstić information content (AvgIpc) is 2.59. The Kier molecular flexibility index (Phi) is 4.96. The number of rotatable bonds is 5. The van der Waals surface area contributed by atoms with E-state index in [9.17, 15) is 4.79 Å². The Labute approximate surface area is 145 Å². The van der Waals surface area contributed by atoms with Crippen molar-refractivity contribution in [2.45, 2.75) is 20.0 Å². The highest BCUT2D eigenvalue weighted by Gasteiger charge is 2.05. The maximum atomic E-state index is 12.5. The van der Waals surface area contributed by atoms with Crippen LogP contribution < -0.4 is 10.9 Å². The average molecular weight is 340 g/mol. The lowest BCUT2D eigenvalue weighted by Gasteiger charge is -2.09. The third kappa shape index (κ3) is 4.03. The van der Waals surface area contributed by atoms with Gasteiger partial charge in [0.05, 0.1) is 6.54 Å². The molecule has 0 bridgehead atoms. The highest BCUT2D eigenvalue weighted by molar-refractivity contribution is 6.30. The van der Waals surface area contributed by atoms with Crippen molar-refractivity contribution in [1.29, 1.82) is 0 Å². The second-order valence-electron chi connectivity index (χ2n) is 5.67. The quantitative estimate of drug-likeness (QED) is 0.767. The minimum atomic E-state index is -0.139. The van der Waals surface area contributed by atoms with E-state index in [1.54, 1.807) is 17.0 Å². The number of nitrogens with zero attached hydrogens (tertiary/aromatic N) is 2. The van der Waals surface area contributed by atoms with Crippen molar-refractivity contribution in [3.05, 3.63) is 93.0 Å². The number of aromatic nitrogens is 2. The van der Waals surface area contributed by atoms with Crippen LogP contribution in [0.4, 0.5) is 5.82 Å². The number of hydrogen-bond donors (Lipinski definition) is 1. The zero-order valence-electron chi connectivity index (χ0n) is 13.4. The number of halogens is 1. The fourth-order valence-corrected chi connectivity index (χ4v) is 2.50. The van der Waals surface area contributed by atoms with Gasteiger partial charge >= 0.3 is 0 Å². The SMILES string of the molecule is Cc1ccc(CNc2nccn(Cc3ccc(Cl)cc3)c2=O)cc1. The predicted molar refractivity (Wildman–Crippen MR) is 97.6 cm³/mol. The molecular weight excluding hydrogens is 322 g/mol. The monoisotopic (exact) mass is 339 g/mol. The van der Waals surface area contributed by atoms with Gasteiger partial charge in [-0.1, -0.05) is 53.6 Å². The molecule has 0 aliphatic carbocycles. The lowest BCUT2D eigenvalue weighted by molar-refractivity contribution is 0.749. The molecule has 0 amide bonds. The van der Waals surface area contributed by atoms with Crippen LogP contribution in [0.15, 0.2) is 65.7 Å². The van der Waals surface area contributed by atoms with Gasteiger partial charge in [-0.2, -0.15) is 0 Å². The van der Waals surface area contributed by atoms with E-state index in [-0.39, 0.29) is 5.56 Å². The number of anilines is 1. The van der Waals surface area contributed by atoms with Crippen molar-refractivity contribution >= 4 is 17.4 Å². The van der Waals surface area contributed by atoms with E-state index in [0.717, 1.165) is 11.1 Å². The van der Waals surface area contributed by atoms with Crippen molar-refractivity contribution in [2.24, 2.45) is 0 Å². The van der Waals surface area contributed by atoms with Gasteiger partial charge in [-0.3, -0.25) is 4.79 Å². The molecule has 0 atom stereocenters. The van der Waals surface area contributed by atoms with Crippen LogP contribution in [0.25, 0.3) is 0 Å². The molecular formula is C19H18ClN3O. The van der Waals surface area contributed by atoms with Crippen molar-refractivity contribution in [1.82, 2.24) is 9.55 Å².